The van der Waals surface area contributed by atoms with Gasteiger partial charge in [0.2, 0.25) is 5.91 Å². The van der Waals surface area contributed by atoms with E-state index >= 15 is 0 Å². The van der Waals surface area contributed by atoms with E-state index in [1.54, 1.807) is 7.11 Å². The number of methoxy groups -OCH3 is 1. The average molecular weight is 329 g/mol. The number of nitrogens with one attached hydrogen (secondary N) is 2. The number of carbonyl (C=O) groups excluding carboxylic acids is 1. The molecule has 0 heterocycles. The first-order valence-corrected chi connectivity index (χ1v) is 7.17. The van der Waals surface area contributed by atoms with Gasteiger partial charge in [-0.2, -0.15) is 0 Å². The van der Waals surface area contributed by atoms with Gasteiger partial charge in [-0.3, -0.25) is 4.79 Å². The topological polar surface area (TPSA) is 50.4 Å². The van der Waals surface area contributed by atoms with Crippen LogP contribution in [0.1, 0.15) is 24.9 Å². The van der Waals surface area contributed by atoms with Crippen molar-refractivity contribution in [2.24, 2.45) is 0 Å². The van der Waals surface area contributed by atoms with E-state index in [1.165, 1.54) is 0 Å². The number of ether oxygens (including phenoxy) is 1. The van der Waals surface area contributed by atoms with Crippen LogP contribution >= 0.6 is 15.9 Å². The van der Waals surface area contributed by atoms with E-state index < -0.39 is 0 Å². The summed E-state index contributed by atoms with van der Waals surface area (Å²) in [7, 11) is 1.66. The van der Waals surface area contributed by atoms with Crippen molar-refractivity contribution >= 4 is 21.8 Å². The minimum absolute atomic E-state index is 0.0139. The first kappa shape index (κ1) is 16.1. The van der Waals surface area contributed by atoms with E-state index in [9.17, 15) is 4.79 Å². The van der Waals surface area contributed by atoms with Crippen LogP contribution in [0.2, 0.25) is 0 Å². The number of hydrogen-bond acceptors (Lipinski definition) is 3. The second-order valence-electron chi connectivity index (χ2n) is 4.35. The van der Waals surface area contributed by atoms with Crippen molar-refractivity contribution in [1.29, 1.82) is 0 Å². The predicted octanol–water partition coefficient (Wildman–Crippen LogP) is 2.25. The van der Waals surface area contributed by atoms with Gasteiger partial charge >= 0.3 is 0 Å². The van der Waals surface area contributed by atoms with E-state index in [1.807, 2.05) is 31.2 Å². The number of amides is 1. The lowest BCUT2D eigenvalue weighted by molar-refractivity contribution is -0.120. The molecule has 0 saturated carbocycles. The van der Waals surface area contributed by atoms with Gasteiger partial charge in [0.1, 0.15) is 0 Å². The molecule has 0 fully saturated rings. The fourth-order valence-corrected chi connectivity index (χ4v) is 1.89. The lowest BCUT2D eigenvalue weighted by Crippen LogP contribution is -2.35. The van der Waals surface area contributed by atoms with Crippen LogP contribution in [0.5, 0.6) is 0 Å². The van der Waals surface area contributed by atoms with Crippen molar-refractivity contribution in [2.45, 2.75) is 19.4 Å². The third kappa shape index (κ3) is 6.71. The highest BCUT2D eigenvalue weighted by atomic mass is 79.9. The van der Waals surface area contributed by atoms with Crippen molar-refractivity contribution in [2.75, 3.05) is 26.8 Å². The zero-order chi connectivity index (χ0) is 14.1. The summed E-state index contributed by atoms with van der Waals surface area (Å²) in [6.45, 7) is 3.69. The number of rotatable bonds is 8. The third-order valence-corrected chi connectivity index (χ3v) is 3.31. The minimum atomic E-state index is 0.0139. The summed E-state index contributed by atoms with van der Waals surface area (Å²) in [4.78, 5) is 11.6. The van der Waals surface area contributed by atoms with Crippen LogP contribution in [0, 0.1) is 0 Å². The molecule has 0 saturated heterocycles. The van der Waals surface area contributed by atoms with Gasteiger partial charge in [-0.25, -0.2) is 0 Å². The van der Waals surface area contributed by atoms with Gasteiger partial charge in [-0.15, -0.1) is 0 Å². The Balaban J connectivity index is 2.24. The molecule has 4 nitrogen and oxygen atoms in total. The van der Waals surface area contributed by atoms with Crippen LogP contribution in [0.4, 0.5) is 0 Å². The van der Waals surface area contributed by atoms with Gasteiger partial charge in [0.15, 0.2) is 0 Å². The van der Waals surface area contributed by atoms with E-state index in [4.69, 9.17) is 4.74 Å². The Labute approximate surface area is 123 Å². The van der Waals surface area contributed by atoms with Crippen LogP contribution < -0.4 is 10.6 Å². The molecule has 0 spiro atoms. The molecule has 1 amide bonds. The van der Waals surface area contributed by atoms with Crippen molar-refractivity contribution in [3.05, 3.63) is 34.3 Å². The molecular formula is C14H21BrN2O2. The van der Waals surface area contributed by atoms with E-state index in [0.29, 0.717) is 19.7 Å². The number of hydrogen-bond donors (Lipinski definition) is 2. The van der Waals surface area contributed by atoms with Crippen molar-refractivity contribution in [3.63, 3.8) is 0 Å². The van der Waals surface area contributed by atoms with E-state index in [0.717, 1.165) is 16.5 Å². The summed E-state index contributed by atoms with van der Waals surface area (Å²) in [5, 5.41) is 6.04. The quantitative estimate of drug-likeness (QED) is 0.719. The highest BCUT2D eigenvalue weighted by Crippen LogP contribution is 2.16. The number of halogens is 1. The molecule has 0 bridgehead atoms. The molecule has 2 N–H and O–H groups in total. The maximum atomic E-state index is 11.6. The summed E-state index contributed by atoms with van der Waals surface area (Å²) in [5.74, 6) is 0.0139. The summed E-state index contributed by atoms with van der Waals surface area (Å²) in [6, 6.07) is 8.23. The van der Waals surface area contributed by atoms with Crippen LogP contribution in [-0.2, 0) is 9.53 Å². The first-order valence-electron chi connectivity index (χ1n) is 6.38. The fourth-order valence-electron chi connectivity index (χ4n) is 1.62. The molecule has 0 radical (unpaired) electrons. The Kier molecular flexibility index (Phi) is 7.70. The minimum Gasteiger partial charge on any atom is -0.385 e. The normalized spacial score (nSPS) is 12.2. The van der Waals surface area contributed by atoms with Gasteiger partial charge in [-0.1, -0.05) is 28.1 Å². The Bertz CT molecular complexity index is 382. The van der Waals surface area contributed by atoms with Gasteiger partial charge in [0, 0.05) is 30.8 Å². The molecule has 1 unspecified atom stereocenters. The molecule has 0 aliphatic heterocycles. The summed E-state index contributed by atoms with van der Waals surface area (Å²) in [6.07, 6.45) is 0.838. The summed E-state index contributed by atoms with van der Waals surface area (Å²) in [5.41, 5.74) is 1.16. The highest BCUT2D eigenvalue weighted by Gasteiger charge is 2.07. The van der Waals surface area contributed by atoms with Crippen LogP contribution in [0.15, 0.2) is 28.7 Å². The molecule has 1 aromatic carbocycles. The van der Waals surface area contributed by atoms with Gasteiger partial charge in [-0.05, 0) is 31.0 Å². The molecule has 0 aliphatic rings. The average Bonchev–Trinajstić information content (AvgIpc) is 2.42. The van der Waals surface area contributed by atoms with Crippen LogP contribution in [0.3, 0.4) is 0 Å². The van der Waals surface area contributed by atoms with Gasteiger partial charge in [0.05, 0.1) is 6.54 Å². The Morgan fingerprint density at radius 3 is 2.68 bits per heavy atom. The van der Waals surface area contributed by atoms with Crippen LogP contribution in [0.25, 0.3) is 0 Å². The van der Waals surface area contributed by atoms with Crippen molar-refractivity contribution in [1.82, 2.24) is 10.6 Å². The van der Waals surface area contributed by atoms with Crippen molar-refractivity contribution < 1.29 is 9.53 Å². The molecule has 0 aromatic heterocycles. The molecule has 0 aliphatic carbocycles. The largest absolute Gasteiger partial charge is 0.385 e. The smallest absolute Gasteiger partial charge is 0.233 e. The molecule has 5 heteroatoms. The molecule has 106 valence electrons. The number of carbonyl (C=O) groups is 1. The van der Waals surface area contributed by atoms with E-state index in [2.05, 4.69) is 26.6 Å². The molecule has 1 rings (SSSR count). The van der Waals surface area contributed by atoms with Gasteiger partial charge in [0.25, 0.3) is 0 Å². The Morgan fingerprint density at radius 1 is 1.37 bits per heavy atom. The highest BCUT2D eigenvalue weighted by molar-refractivity contribution is 9.10. The van der Waals surface area contributed by atoms with Gasteiger partial charge < -0.3 is 15.4 Å². The fraction of sp³-hybridized carbons (Fsp3) is 0.500. The second-order valence-corrected chi connectivity index (χ2v) is 5.27. The maximum absolute atomic E-state index is 11.6. The Morgan fingerprint density at radius 2 is 2.05 bits per heavy atom. The molecular weight excluding hydrogens is 308 g/mol. The third-order valence-electron chi connectivity index (χ3n) is 2.79. The second kappa shape index (κ2) is 9.07. The van der Waals surface area contributed by atoms with Crippen molar-refractivity contribution in [3.8, 4) is 0 Å². The standard InChI is InChI=1S/C14H21BrN2O2/c1-11(12-4-6-13(15)7-5-12)17-10-14(18)16-8-3-9-19-2/h4-7,11,17H,3,8-10H2,1-2H3,(H,16,18). The predicted molar refractivity (Wildman–Crippen MR) is 80.1 cm³/mol. The number of benzene rings is 1. The first-order chi connectivity index (χ1) is 9.13. The molecule has 1 aromatic rings. The summed E-state index contributed by atoms with van der Waals surface area (Å²) < 4.78 is 5.97. The lowest BCUT2D eigenvalue weighted by atomic mass is 10.1. The maximum Gasteiger partial charge on any atom is 0.233 e. The molecule has 1 atom stereocenters. The SMILES string of the molecule is COCCCNC(=O)CNC(C)c1ccc(Br)cc1. The zero-order valence-electron chi connectivity index (χ0n) is 11.4. The lowest BCUT2D eigenvalue weighted by Gasteiger charge is -2.14. The van der Waals surface area contributed by atoms with Crippen LogP contribution in [-0.4, -0.2) is 32.7 Å². The zero-order valence-corrected chi connectivity index (χ0v) is 13.0. The molecule has 19 heavy (non-hydrogen) atoms. The monoisotopic (exact) mass is 328 g/mol. The summed E-state index contributed by atoms with van der Waals surface area (Å²) >= 11 is 3.40. The van der Waals surface area contributed by atoms with E-state index in [-0.39, 0.29) is 11.9 Å². The Hall–Kier alpha value is -0.910.